The van der Waals surface area contributed by atoms with Crippen LogP contribution in [0.5, 0.6) is 11.5 Å². The molecule has 0 atom stereocenters. The number of halogens is 1. The molecule has 0 aromatic heterocycles. The topological polar surface area (TPSA) is 80.2 Å². The van der Waals surface area contributed by atoms with E-state index in [1.54, 1.807) is 50.6 Å². The Kier molecular flexibility index (Phi) is 6.42. The van der Waals surface area contributed by atoms with Crippen LogP contribution in [-0.4, -0.2) is 38.8 Å². The molecule has 0 fully saturated rings. The third kappa shape index (κ3) is 4.38. The first-order valence-electron chi connectivity index (χ1n) is 9.30. The smallest absolute Gasteiger partial charge is 0.266 e. The maximum absolute atomic E-state index is 13.7. The molecule has 0 amide bonds. The van der Waals surface area contributed by atoms with E-state index in [9.17, 15) is 8.42 Å². The number of amidine groups is 1. The summed E-state index contributed by atoms with van der Waals surface area (Å²) >= 11 is 4.70. The summed E-state index contributed by atoms with van der Waals surface area (Å²) in [6.45, 7) is 0.413. The molecule has 1 aliphatic heterocycles. The zero-order valence-electron chi connectivity index (χ0n) is 16.8. The van der Waals surface area contributed by atoms with Crippen molar-refractivity contribution >= 4 is 53.8 Å². The Bertz CT molecular complexity index is 1260. The predicted octanol–water partition coefficient (Wildman–Crippen LogP) is 4.38. The van der Waals surface area contributed by atoms with Gasteiger partial charge < -0.3 is 9.47 Å². The molecule has 0 bridgehead atoms. The quantitative estimate of drug-likeness (QED) is 0.485. The Morgan fingerprint density at radius 3 is 2.68 bits per heavy atom. The Labute approximate surface area is 193 Å². The average Bonchev–Trinajstić information content (AvgIpc) is 3.31. The predicted molar refractivity (Wildman–Crippen MR) is 127 cm³/mol. The maximum atomic E-state index is 13.7. The van der Waals surface area contributed by atoms with Crippen molar-refractivity contribution in [3.05, 3.63) is 64.6 Å². The number of nitrogens with one attached hydrogen (secondary N) is 1. The number of nitrogens with zero attached hydrogens (tertiary/aromatic N) is 2. The standard InChI is InChI=1S/C21H20BrN3O4S2/c1-28-16-7-6-15(20(11-16)29-2)12-25(21-23-13-24-30-21)31(26,27)17-8-9-18-14(10-17)4-3-5-19(18)22/h3-11,24H,12-13H2,1-2H3. The van der Waals surface area contributed by atoms with Crippen molar-refractivity contribution in [3.63, 3.8) is 0 Å². The van der Waals surface area contributed by atoms with Crippen LogP contribution in [0.2, 0.25) is 0 Å². The van der Waals surface area contributed by atoms with Gasteiger partial charge in [0.15, 0.2) is 5.17 Å². The summed E-state index contributed by atoms with van der Waals surface area (Å²) in [4.78, 5) is 4.53. The normalized spacial score (nSPS) is 13.8. The summed E-state index contributed by atoms with van der Waals surface area (Å²) in [5.41, 5.74) is 0.700. The molecule has 7 nitrogen and oxygen atoms in total. The summed E-state index contributed by atoms with van der Waals surface area (Å²) in [6.07, 6.45) is 0. The fraction of sp³-hybridized carbons (Fsp3) is 0.190. The highest BCUT2D eigenvalue weighted by atomic mass is 79.9. The number of methoxy groups -OCH3 is 2. The van der Waals surface area contributed by atoms with Crippen LogP contribution in [0.1, 0.15) is 5.56 Å². The Balaban J connectivity index is 1.78. The lowest BCUT2D eigenvalue weighted by atomic mass is 10.1. The highest BCUT2D eigenvalue weighted by molar-refractivity contribution is 9.10. The molecule has 10 heteroatoms. The molecule has 4 rings (SSSR count). The van der Waals surface area contributed by atoms with Gasteiger partial charge in [-0.3, -0.25) is 0 Å². The molecular weight excluding hydrogens is 502 g/mol. The summed E-state index contributed by atoms with van der Waals surface area (Å²) in [5.74, 6) is 1.17. The molecule has 0 unspecified atom stereocenters. The van der Waals surface area contributed by atoms with Gasteiger partial charge >= 0.3 is 0 Å². The maximum Gasteiger partial charge on any atom is 0.266 e. The van der Waals surface area contributed by atoms with Gasteiger partial charge in [-0.05, 0) is 53.1 Å². The first kappa shape index (κ1) is 21.9. The van der Waals surface area contributed by atoms with Crippen molar-refractivity contribution in [3.8, 4) is 11.5 Å². The first-order chi connectivity index (χ1) is 14.9. The molecule has 0 saturated heterocycles. The molecule has 31 heavy (non-hydrogen) atoms. The molecule has 0 aliphatic carbocycles. The molecular formula is C21H20BrN3O4S2. The number of ether oxygens (including phenoxy) is 2. The van der Waals surface area contributed by atoms with Crippen LogP contribution in [-0.2, 0) is 16.6 Å². The van der Waals surface area contributed by atoms with Gasteiger partial charge in [-0.25, -0.2) is 22.4 Å². The van der Waals surface area contributed by atoms with Gasteiger partial charge in [0.05, 0.1) is 25.7 Å². The van der Waals surface area contributed by atoms with Gasteiger partial charge in [0, 0.05) is 16.1 Å². The number of hydrogen-bond acceptors (Lipinski definition) is 7. The summed E-state index contributed by atoms with van der Waals surface area (Å²) in [6, 6.07) is 16.1. The zero-order valence-corrected chi connectivity index (χ0v) is 20.1. The lowest BCUT2D eigenvalue weighted by Crippen LogP contribution is -2.34. The minimum Gasteiger partial charge on any atom is -0.497 e. The molecule has 1 N–H and O–H groups in total. The Morgan fingerprint density at radius 2 is 1.97 bits per heavy atom. The summed E-state index contributed by atoms with van der Waals surface area (Å²) < 4.78 is 43.3. The number of benzene rings is 3. The van der Waals surface area contributed by atoms with Crippen LogP contribution in [0.3, 0.4) is 0 Å². The van der Waals surface area contributed by atoms with Crippen LogP contribution in [0, 0.1) is 0 Å². The number of fused-ring (bicyclic) bond motifs is 1. The van der Waals surface area contributed by atoms with E-state index >= 15 is 0 Å². The first-order valence-corrected chi connectivity index (χ1v) is 12.3. The van der Waals surface area contributed by atoms with Crippen molar-refractivity contribution in [1.82, 2.24) is 9.03 Å². The van der Waals surface area contributed by atoms with Crippen LogP contribution in [0.25, 0.3) is 10.8 Å². The number of rotatable bonds is 6. The monoisotopic (exact) mass is 521 g/mol. The second-order valence-electron chi connectivity index (χ2n) is 6.66. The van der Waals surface area contributed by atoms with E-state index in [1.807, 2.05) is 18.2 Å². The molecule has 0 radical (unpaired) electrons. The Hall–Kier alpha value is -2.27. The van der Waals surface area contributed by atoms with Crippen LogP contribution < -0.4 is 14.2 Å². The number of aliphatic imine (C=N–C) groups is 1. The summed E-state index contributed by atoms with van der Waals surface area (Å²) in [7, 11) is -0.776. The Morgan fingerprint density at radius 1 is 1.13 bits per heavy atom. The molecule has 0 spiro atoms. The van der Waals surface area contributed by atoms with Crippen LogP contribution >= 0.6 is 27.9 Å². The van der Waals surface area contributed by atoms with E-state index in [-0.39, 0.29) is 11.4 Å². The van der Waals surface area contributed by atoms with Crippen molar-refractivity contribution in [2.45, 2.75) is 11.4 Å². The van der Waals surface area contributed by atoms with Gasteiger partial charge in [0.25, 0.3) is 10.0 Å². The third-order valence-corrected chi connectivity index (χ3v) is 8.20. The molecule has 3 aromatic rings. The van der Waals surface area contributed by atoms with Gasteiger partial charge in [0.2, 0.25) is 0 Å². The van der Waals surface area contributed by atoms with Gasteiger partial charge in [-0.2, -0.15) is 0 Å². The SMILES string of the molecule is COc1ccc(CN(C2=NCNS2)S(=O)(=O)c2ccc3c(Br)cccc3c2)c(OC)c1. The molecule has 1 aliphatic rings. The van der Waals surface area contributed by atoms with E-state index in [4.69, 9.17) is 9.47 Å². The van der Waals surface area contributed by atoms with Gasteiger partial charge in [-0.15, -0.1) is 0 Å². The zero-order chi connectivity index (χ0) is 22.0. The number of hydrogen-bond donors (Lipinski definition) is 1. The van der Waals surface area contributed by atoms with Crippen molar-refractivity contribution in [2.75, 3.05) is 20.9 Å². The highest BCUT2D eigenvalue weighted by Gasteiger charge is 2.31. The summed E-state index contributed by atoms with van der Waals surface area (Å²) in [5, 5.41) is 2.16. The van der Waals surface area contributed by atoms with Crippen LogP contribution in [0.4, 0.5) is 0 Å². The fourth-order valence-electron chi connectivity index (χ4n) is 3.26. The second kappa shape index (κ2) is 9.07. The van der Waals surface area contributed by atoms with Gasteiger partial charge in [0.1, 0.15) is 18.2 Å². The minimum atomic E-state index is -3.89. The molecule has 162 valence electrons. The fourth-order valence-corrected chi connectivity index (χ4v) is 6.08. The van der Waals surface area contributed by atoms with Gasteiger partial charge in [-0.1, -0.05) is 34.1 Å². The van der Waals surface area contributed by atoms with E-state index in [0.717, 1.165) is 15.2 Å². The van der Waals surface area contributed by atoms with E-state index in [2.05, 4.69) is 25.6 Å². The third-order valence-electron chi connectivity index (χ3n) is 4.85. The second-order valence-corrected chi connectivity index (χ2v) is 10.2. The van der Waals surface area contributed by atoms with Crippen LogP contribution in [0.15, 0.2) is 69.0 Å². The van der Waals surface area contributed by atoms with Crippen molar-refractivity contribution in [1.29, 1.82) is 0 Å². The molecule has 3 aromatic carbocycles. The average molecular weight is 522 g/mol. The van der Waals surface area contributed by atoms with Crippen molar-refractivity contribution < 1.29 is 17.9 Å². The van der Waals surface area contributed by atoms with Crippen molar-refractivity contribution in [2.24, 2.45) is 4.99 Å². The number of sulfonamides is 1. The minimum absolute atomic E-state index is 0.0690. The van der Waals surface area contributed by atoms with E-state index in [1.165, 1.54) is 16.3 Å². The van der Waals surface area contributed by atoms with E-state index in [0.29, 0.717) is 28.9 Å². The highest BCUT2D eigenvalue weighted by Crippen LogP contribution is 2.32. The lowest BCUT2D eigenvalue weighted by molar-refractivity contribution is 0.388. The molecule has 1 heterocycles. The van der Waals surface area contributed by atoms with E-state index < -0.39 is 10.0 Å². The molecule has 0 saturated carbocycles. The largest absolute Gasteiger partial charge is 0.497 e. The lowest BCUT2D eigenvalue weighted by Gasteiger charge is -2.24.